The standard InChI is InChI=1S/C19H23N3O4/c1-21-8-7-20-18(21)17-14(4-3-9-24-17)19(23)22(2)11-13-5-6-15-16(10-13)26-12-25-15/h5-8,10,14,17H,3-4,9,11-12H2,1-2H3/t14-,17-/m1/s1. The zero-order valence-electron chi connectivity index (χ0n) is 15.1. The number of carbonyl (C=O) groups excluding carboxylic acids is 1. The number of hydrogen-bond acceptors (Lipinski definition) is 5. The number of aryl methyl sites for hydroxylation is 1. The molecule has 7 heteroatoms. The summed E-state index contributed by atoms with van der Waals surface area (Å²) >= 11 is 0. The number of rotatable bonds is 4. The minimum atomic E-state index is -0.296. The van der Waals surface area contributed by atoms with E-state index in [0.717, 1.165) is 35.7 Å². The fourth-order valence-corrected chi connectivity index (χ4v) is 3.61. The molecule has 0 saturated carbocycles. The molecule has 1 saturated heterocycles. The first-order valence-electron chi connectivity index (χ1n) is 8.86. The largest absolute Gasteiger partial charge is 0.454 e. The van der Waals surface area contributed by atoms with E-state index in [0.29, 0.717) is 13.2 Å². The number of carbonyl (C=O) groups is 1. The fraction of sp³-hybridized carbons (Fsp3) is 0.474. The fourth-order valence-electron chi connectivity index (χ4n) is 3.61. The molecule has 138 valence electrons. The van der Waals surface area contributed by atoms with Crippen LogP contribution >= 0.6 is 0 Å². The van der Waals surface area contributed by atoms with Crippen molar-refractivity contribution in [1.82, 2.24) is 14.5 Å². The molecule has 2 aliphatic heterocycles. The number of hydrogen-bond donors (Lipinski definition) is 0. The number of aromatic nitrogens is 2. The van der Waals surface area contributed by atoms with E-state index >= 15 is 0 Å². The van der Waals surface area contributed by atoms with Crippen LogP contribution in [0.1, 0.15) is 30.3 Å². The van der Waals surface area contributed by atoms with Crippen LogP contribution in [0.3, 0.4) is 0 Å². The molecule has 0 spiro atoms. The van der Waals surface area contributed by atoms with Crippen molar-refractivity contribution in [1.29, 1.82) is 0 Å². The van der Waals surface area contributed by atoms with Crippen molar-refractivity contribution in [3.05, 3.63) is 42.0 Å². The number of nitrogens with zero attached hydrogens (tertiary/aromatic N) is 3. The molecular weight excluding hydrogens is 334 g/mol. The Balaban J connectivity index is 1.49. The third-order valence-corrected chi connectivity index (χ3v) is 4.99. The molecule has 0 aliphatic carbocycles. The smallest absolute Gasteiger partial charge is 0.231 e. The topological polar surface area (TPSA) is 65.8 Å². The van der Waals surface area contributed by atoms with Crippen LogP contribution in [0.25, 0.3) is 0 Å². The molecule has 3 heterocycles. The van der Waals surface area contributed by atoms with E-state index in [9.17, 15) is 4.79 Å². The lowest BCUT2D eigenvalue weighted by molar-refractivity contribution is -0.145. The van der Waals surface area contributed by atoms with Crippen LogP contribution in [0.15, 0.2) is 30.6 Å². The third-order valence-electron chi connectivity index (χ3n) is 4.99. The SMILES string of the molecule is CN(Cc1ccc2c(c1)OCO2)C(=O)[C@@H]1CCCO[C@H]1c1nccn1C. The summed E-state index contributed by atoms with van der Waals surface area (Å²) in [5, 5.41) is 0. The molecule has 1 aromatic carbocycles. The first kappa shape index (κ1) is 16.9. The Morgan fingerprint density at radius 2 is 2.19 bits per heavy atom. The zero-order valence-corrected chi connectivity index (χ0v) is 15.1. The van der Waals surface area contributed by atoms with Crippen LogP contribution < -0.4 is 9.47 Å². The second-order valence-electron chi connectivity index (χ2n) is 6.82. The highest BCUT2D eigenvalue weighted by Gasteiger charge is 2.36. The summed E-state index contributed by atoms with van der Waals surface area (Å²) in [7, 11) is 3.76. The lowest BCUT2D eigenvalue weighted by Gasteiger charge is -2.33. The normalized spacial score (nSPS) is 21.6. The first-order valence-corrected chi connectivity index (χ1v) is 8.86. The van der Waals surface area contributed by atoms with Gasteiger partial charge in [-0.25, -0.2) is 4.98 Å². The minimum absolute atomic E-state index is 0.0790. The Morgan fingerprint density at radius 3 is 3.00 bits per heavy atom. The van der Waals surface area contributed by atoms with Gasteiger partial charge in [0, 0.05) is 39.6 Å². The summed E-state index contributed by atoms with van der Waals surface area (Å²) in [6, 6.07) is 5.78. The molecule has 2 atom stereocenters. The highest BCUT2D eigenvalue weighted by atomic mass is 16.7. The molecule has 1 fully saturated rings. The molecule has 2 aliphatic rings. The van der Waals surface area contributed by atoms with Gasteiger partial charge in [-0.15, -0.1) is 0 Å². The van der Waals surface area contributed by atoms with Gasteiger partial charge in [0.2, 0.25) is 12.7 Å². The van der Waals surface area contributed by atoms with E-state index in [1.165, 1.54) is 0 Å². The maximum Gasteiger partial charge on any atom is 0.231 e. The summed E-state index contributed by atoms with van der Waals surface area (Å²) in [5.74, 6) is 2.15. The average Bonchev–Trinajstić information content (AvgIpc) is 3.29. The van der Waals surface area contributed by atoms with E-state index in [-0.39, 0.29) is 24.7 Å². The predicted molar refractivity (Wildman–Crippen MR) is 93.7 cm³/mol. The number of amides is 1. The lowest BCUT2D eigenvalue weighted by atomic mass is 9.92. The maximum atomic E-state index is 13.1. The number of fused-ring (bicyclic) bond motifs is 1. The van der Waals surface area contributed by atoms with Gasteiger partial charge in [0.25, 0.3) is 0 Å². The van der Waals surface area contributed by atoms with E-state index < -0.39 is 0 Å². The van der Waals surface area contributed by atoms with Gasteiger partial charge in [0.15, 0.2) is 11.5 Å². The quantitative estimate of drug-likeness (QED) is 0.840. The predicted octanol–water partition coefficient (Wildman–Crippen LogP) is 2.28. The lowest BCUT2D eigenvalue weighted by Crippen LogP contribution is -2.39. The summed E-state index contributed by atoms with van der Waals surface area (Å²) in [6.45, 7) is 1.42. The average molecular weight is 357 g/mol. The van der Waals surface area contributed by atoms with E-state index in [2.05, 4.69) is 4.98 Å². The van der Waals surface area contributed by atoms with Crippen molar-refractivity contribution in [3.8, 4) is 11.5 Å². The molecule has 26 heavy (non-hydrogen) atoms. The molecule has 0 radical (unpaired) electrons. The Bertz CT molecular complexity index is 804. The molecule has 2 aromatic rings. The summed E-state index contributed by atoms with van der Waals surface area (Å²) in [4.78, 5) is 19.3. The third kappa shape index (κ3) is 3.14. The Hall–Kier alpha value is -2.54. The van der Waals surface area contributed by atoms with Crippen molar-refractivity contribution in [3.63, 3.8) is 0 Å². The maximum absolute atomic E-state index is 13.1. The number of imidazole rings is 1. The Labute approximate surface area is 152 Å². The molecular formula is C19H23N3O4. The van der Waals surface area contributed by atoms with Gasteiger partial charge < -0.3 is 23.7 Å². The van der Waals surface area contributed by atoms with Crippen LogP contribution in [0.4, 0.5) is 0 Å². The van der Waals surface area contributed by atoms with E-state index in [1.54, 1.807) is 11.1 Å². The van der Waals surface area contributed by atoms with Crippen LogP contribution in [0.5, 0.6) is 11.5 Å². The van der Waals surface area contributed by atoms with Crippen molar-refractivity contribution >= 4 is 5.91 Å². The van der Waals surface area contributed by atoms with Gasteiger partial charge in [0.1, 0.15) is 11.9 Å². The molecule has 0 unspecified atom stereocenters. The molecule has 0 bridgehead atoms. The highest BCUT2D eigenvalue weighted by molar-refractivity contribution is 5.79. The molecule has 4 rings (SSSR count). The van der Waals surface area contributed by atoms with Crippen LogP contribution in [0, 0.1) is 5.92 Å². The van der Waals surface area contributed by atoms with Crippen molar-refractivity contribution in [2.75, 3.05) is 20.4 Å². The first-order chi connectivity index (χ1) is 12.6. The van der Waals surface area contributed by atoms with Gasteiger partial charge in [-0.05, 0) is 30.5 Å². The van der Waals surface area contributed by atoms with Gasteiger partial charge in [-0.1, -0.05) is 6.07 Å². The van der Waals surface area contributed by atoms with Crippen molar-refractivity contribution < 1.29 is 19.0 Å². The van der Waals surface area contributed by atoms with Gasteiger partial charge >= 0.3 is 0 Å². The summed E-state index contributed by atoms with van der Waals surface area (Å²) in [5.41, 5.74) is 1.01. The molecule has 0 N–H and O–H groups in total. The summed E-state index contributed by atoms with van der Waals surface area (Å²) in [6.07, 6.45) is 5.02. The Morgan fingerprint density at radius 1 is 1.35 bits per heavy atom. The summed E-state index contributed by atoms with van der Waals surface area (Å²) < 4.78 is 18.6. The zero-order chi connectivity index (χ0) is 18.1. The van der Waals surface area contributed by atoms with Crippen LogP contribution in [-0.2, 0) is 23.1 Å². The van der Waals surface area contributed by atoms with Gasteiger partial charge in [-0.3, -0.25) is 4.79 Å². The molecule has 7 nitrogen and oxygen atoms in total. The van der Waals surface area contributed by atoms with Gasteiger partial charge in [-0.2, -0.15) is 0 Å². The van der Waals surface area contributed by atoms with E-state index in [4.69, 9.17) is 14.2 Å². The second kappa shape index (κ2) is 6.99. The molecule has 1 aromatic heterocycles. The van der Waals surface area contributed by atoms with Crippen molar-refractivity contribution in [2.24, 2.45) is 13.0 Å². The number of benzene rings is 1. The van der Waals surface area contributed by atoms with Crippen LogP contribution in [0.2, 0.25) is 0 Å². The Kier molecular flexibility index (Phi) is 4.55. The van der Waals surface area contributed by atoms with E-state index in [1.807, 2.05) is 43.1 Å². The number of ether oxygens (including phenoxy) is 3. The second-order valence-corrected chi connectivity index (χ2v) is 6.82. The van der Waals surface area contributed by atoms with Crippen LogP contribution in [-0.4, -0.2) is 40.8 Å². The monoisotopic (exact) mass is 357 g/mol. The minimum Gasteiger partial charge on any atom is -0.454 e. The van der Waals surface area contributed by atoms with Crippen molar-refractivity contribution in [2.45, 2.75) is 25.5 Å². The van der Waals surface area contributed by atoms with Gasteiger partial charge in [0.05, 0.1) is 5.92 Å². The molecule has 1 amide bonds. The highest BCUT2D eigenvalue weighted by Crippen LogP contribution is 2.35.